The third-order valence-electron chi connectivity index (χ3n) is 7.78. The van der Waals surface area contributed by atoms with Crippen LogP contribution in [0.3, 0.4) is 0 Å². The predicted octanol–water partition coefficient (Wildman–Crippen LogP) is 6.40. The lowest BCUT2D eigenvalue weighted by Crippen LogP contribution is -2.50. The van der Waals surface area contributed by atoms with E-state index in [0.717, 1.165) is 11.4 Å². The van der Waals surface area contributed by atoms with Crippen LogP contribution in [-0.2, 0) is 22.2 Å². The summed E-state index contributed by atoms with van der Waals surface area (Å²) in [6.07, 6.45) is 5.14. The monoisotopic (exact) mass is 548 g/mol. The van der Waals surface area contributed by atoms with Crippen molar-refractivity contribution in [3.05, 3.63) is 151 Å². The van der Waals surface area contributed by atoms with Gasteiger partial charge in [-0.3, -0.25) is 0 Å². The highest BCUT2D eigenvalue weighted by Gasteiger charge is 2.45. The van der Waals surface area contributed by atoms with Crippen LogP contribution in [0.4, 0.5) is 11.4 Å². The Labute approximate surface area is 236 Å². The van der Waals surface area contributed by atoms with Crippen LogP contribution in [0.1, 0.15) is 29.8 Å². The highest BCUT2D eigenvalue weighted by Crippen LogP contribution is 2.43. The van der Waals surface area contributed by atoms with Gasteiger partial charge >= 0.3 is 10.2 Å². The van der Waals surface area contributed by atoms with Gasteiger partial charge in [-0.15, -0.1) is 0 Å². The van der Waals surface area contributed by atoms with E-state index in [0.29, 0.717) is 43.9 Å². The third-order valence-corrected chi connectivity index (χ3v) is 9.68. The minimum atomic E-state index is -3.85. The molecule has 7 heteroatoms. The Bertz CT molecular complexity index is 1590. The molecule has 0 aliphatic carbocycles. The number of hydrogen-bond acceptors (Lipinski definition) is 3. The van der Waals surface area contributed by atoms with Gasteiger partial charge in [0, 0.05) is 32.0 Å². The van der Waals surface area contributed by atoms with Crippen LogP contribution >= 0.6 is 0 Å². The number of nitrogens with zero attached hydrogens (tertiary/aromatic N) is 4. The van der Waals surface area contributed by atoms with Gasteiger partial charge in [-0.2, -0.15) is 12.7 Å². The highest BCUT2D eigenvalue weighted by atomic mass is 32.2. The average Bonchev–Trinajstić information content (AvgIpc) is 3.48. The Hall–Kier alpha value is -4.20. The molecule has 1 saturated heterocycles. The van der Waals surface area contributed by atoms with Crippen molar-refractivity contribution >= 4 is 21.6 Å². The molecule has 0 radical (unpaired) electrons. The van der Waals surface area contributed by atoms with E-state index in [-0.39, 0.29) is 0 Å². The van der Waals surface area contributed by atoms with Crippen LogP contribution in [0.5, 0.6) is 0 Å². The van der Waals surface area contributed by atoms with E-state index in [9.17, 15) is 8.42 Å². The molecule has 0 spiro atoms. The first-order chi connectivity index (χ1) is 19.6. The predicted molar refractivity (Wildman–Crippen MR) is 160 cm³/mol. The minimum Gasteiger partial charge on any atom is -0.330 e. The molecule has 0 unspecified atom stereocenters. The summed E-state index contributed by atoms with van der Waals surface area (Å²) in [5, 5.41) is 0. The second kappa shape index (κ2) is 11.1. The molecule has 6 nitrogen and oxygen atoms in total. The fourth-order valence-electron chi connectivity index (χ4n) is 5.79. The van der Waals surface area contributed by atoms with Gasteiger partial charge in [0.25, 0.3) is 0 Å². The molecule has 1 fully saturated rings. The average molecular weight is 549 g/mol. The number of benzene rings is 4. The van der Waals surface area contributed by atoms with Crippen molar-refractivity contribution < 1.29 is 8.42 Å². The van der Waals surface area contributed by atoms with Crippen molar-refractivity contribution in [2.24, 2.45) is 0 Å². The molecule has 1 aliphatic heterocycles. The molecule has 1 aliphatic rings. The molecule has 5 aromatic rings. The van der Waals surface area contributed by atoms with Gasteiger partial charge in [0.15, 0.2) is 0 Å². The smallest absolute Gasteiger partial charge is 0.308 e. The van der Waals surface area contributed by atoms with Crippen molar-refractivity contribution in [1.82, 2.24) is 13.9 Å². The van der Waals surface area contributed by atoms with Gasteiger partial charge in [0.1, 0.15) is 5.82 Å². The van der Waals surface area contributed by atoms with Gasteiger partial charge in [-0.25, -0.2) is 9.29 Å². The summed E-state index contributed by atoms with van der Waals surface area (Å²) in [6, 6.07) is 39.4. The Kier molecular flexibility index (Phi) is 7.24. The Morgan fingerprint density at radius 1 is 0.700 bits per heavy atom. The minimum absolute atomic E-state index is 0.381. The molecular weight excluding hydrogens is 516 g/mol. The topological polar surface area (TPSA) is 58.4 Å². The van der Waals surface area contributed by atoms with Gasteiger partial charge in [-0.05, 0) is 48.2 Å². The summed E-state index contributed by atoms with van der Waals surface area (Å²) in [5.74, 6) is 0.975. The number of anilines is 2. The largest absolute Gasteiger partial charge is 0.330 e. The molecule has 40 heavy (non-hydrogen) atoms. The fraction of sp³-hybridized carbons (Fsp3) is 0.182. The summed E-state index contributed by atoms with van der Waals surface area (Å²) in [7, 11) is -3.85. The highest BCUT2D eigenvalue weighted by molar-refractivity contribution is 7.90. The zero-order valence-electron chi connectivity index (χ0n) is 22.3. The Morgan fingerprint density at radius 3 is 1.75 bits per heavy atom. The normalized spacial score (nSPS) is 15.5. The van der Waals surface area contributed by atoms with Crippen LogP contribution in [0.25, 0.3) is 0 Å². The first-order valence-corrected chi connectivity index (χ1v) is 15.0. The molecule has 6 rings (SSSR count). The number of imidazole rings is 1. The van der Waals surface area contributed by atoms with E-state index in [1.807, 2.05) is 97.3 Å². The van der Waals surface area contributed by atoms with Crippen molar-refractivity contribution in [3.8, 4) is 0 Å². The number of piperidine rings is 1. The first-order valence-electron chi connectivity index (χ1n) is 13.6. The van der Waals surface area contributed by atoms with Crippen molar-refractivity contribution in [1.29, 1.82) is 0 Å². The zero-order chi connectivity index (χ0) is 27.4. The summed E-state index contributed by atoms with van der Waals surface area (Å²) >= 11 is 0. The molecule has 0 atom stereocenters. The molecule has 0 saturated carbocycles. The maximum absolute atomic E-state index is 14.3. The fourth-order valence-corrected chi connectivity index (χ4v) is 7.44. The SMILES string of the molecule is O=S(=O)(N1CCC(c2ccccc2)(c2nccn2Cc2ccccc2)CC1)N(c1ccccc1)c1ccccc1. The quantitative estimate of drug-likeness (QED) is 0.226. The van der Waals surface area contributed by atoms with Crippen molar-refractivity contribution in [2.75, 3.05) is 17.4 Å². The summed E-state index contributed by atoms with van der Waals surface area (Å²) in [5.41, 5.74) is 3.19. The molecule has 202 valence electrons. The van der Waals surface area contributed by atoms with Crippen LogP contribution in [0.2, 0.25) is 0 Å². The maximum Gasteiger partial charge on any atom is 0.308 e. The van der Waals surface area contributed by atoms with Gasteiger partial charge < -0.3 is 4.57 Å². The Morgan fingerprint density at radius 2 is 1.20 bits per heavy atom. The number of aromatic nitrogens is 2. The van der Waals surface area contributed by atoms with Crippen LogP contribution < -0.4 is 4.31 Å². The molecule has 0 bridgehead atoms. The maximum atomic E-state index is 14.3. The number of rotatable bonds is 8. The van der Waals surface area contributed by atoms with Gasteiger partial charge in [0.2, 0.25) is 0 Å². The van der Waals surface area contributed by atoms with Crippen molar-refractivity contribution in [3.63, 3.8) is 0 Å². The van der Waals surface area contributed by atoms with E-state index >= 15 is 0 Å². The number of para-hydroxylation sites is 2. The molecule has 0 amide bonds. The van der Waals surface area contributed by atoms with E-state index in [2.05, 4.69) is 41.0 Å². The first kappa shape index (κ1) is 26.0. The van der Waals surface area contributed by atoms with E-state index in [4.69, 9.17) is 4.98 Å². The standard InChI is InChI=1S/C33H32N4O2S/c38-40(39,37(30-17-9-3-10-18-30)31-19-11-4-12-20-31)36-24-21-33(22-25-36,29-15-7-2-8-16-29)32-34-23-26-35(32)27-28-13-5-1-6-14-28/h1-20,23,26H,21-22,24-25,27H2. The second-order valence-corrected chi connectivity index (χ2v) is 11.9. The molecule has 1 aromatic heterocycles. The van der Waals surface area contributed by atoms with Crippen LogP contribution in [0.15, 0.2) is 134 Å². The van der Waals surface area contributed by atoms with E-state index < -0.39 is 15.6 Å². The summed E-state index contributed by atoms with van der Waals surface area (Å²) in [6.45, 7) is 1.47. The summed E-state index contributed by atoms with van der Waals surface area (Å²) < 4.78 is 33.8. The lowest BCUT2D eigenvalue weighted by Gasteiger charge is -2.42. The molecular formula is C33H32N4O2S. The zero-order valence-corrected chi connectivity index (χ0v) is 23.1. The molecule has 4 aromatic carbocycles. The van der Waals surface area contributed by atoms with Gasteiger partial charge in [-0.1, -0.05) is 97.1 Å². The van der Waals surface area contributed by atoms with E-state index in [1.54, 1.807) is 4.31 Å². The van der Waals surface area contributed by atoms with Crippen molar-refractivity contribution in [2.45, 2.75) is 24.8 Å². The van der Waals surface area contributed by atoms with Gasteiger partial charge in [0.05, 0.1) is 16.8 Å². The molecule has 0 N–H and O–H groups in total. The van der Waals surface area contributed by atoms with Crippen LogP contribution in [-0.4, -0.2) is 35.4 Å². The lowest BCUT2D eigenvalue weighted by atomic mass is 9.72. The van der Waals surface area contributed by atoms with Crippen LogP contribution in [0, 0.1) is 0 Å². The number of hydrogen-bond donors (Lipinski definition) is 0. The lowest BCUT2D eigenvalue weighted by molar-refractivity contribution is 0.252. The van der Waals surface area contributed by atoms with E-state index in [1.165, 1.54) is 9.87 Å². The third kappa shape index (κ3) is 4.94. The summed E-state index contributed by atoms with van der Waals surface area (Å²) in [4.78, 5) is 4.89. The Balaban J connectivity index is 1.35. The molecule has 2 heterocycles. The second-order valence-electron chi connectivity index (χ2n) is 10.2.